The van der Waals surface area contributed by atoms with Crippen LogP contribution in [0.4, 0.5) is 5.82 Å². The van der Waals surface area contributed by atoms with Crippen molar-refractivity contribution < 1.29 is 4.42 Å². The average molecular weight is 366 g/mol. The van der Waals surface area contributed by atoms with Gasteiger partial charge >= 0.3 is 0 Å². The molecule has 4 aromatic rings. The summed E-state index contributed by atoms with van der Waals surface area (Å²) in [6.45, 7) is 0. The average Bonchev–Trinajstić information content (AvgIpc) is 3.26. The number of nitrogen functional groups attached to an aromatic ring is 1. The van der Waals surface area contributed by atoms with Gasteiger partial charge in [0.1, 0.15) is 17.3 Å². The number of pyridine rings is 1. The maximum absolute atomic E-state index is 5.81. The number of aromatic nitrogens is 4. The number of rotatable bonds is 5. The molecule has 26 heavy (non-hydrogen) atoms. The molecule has 0 saturated carbocycles. The fourth-order valence-corrected chi connectivity index (χ4v) is 2.93. The molecule has 0 bridgehead atoms. The first-order valence-corrected chi connectivity index (χ1v) is 8.49. The minimum Gasteiger partial charge on any atom is -0.449 e. The van der Waals surface area contributed by atoms with Crippen LogP contribution in [0.2, 0.25) is 5.22 Å². The van der Waals surface area contributed by atoms with E-state index in [1.165, 1.54) is 0 Å². The number of hydrogen-bond donors (Lipinski definition) is 2. The van der Waals surface area contributed by atoms with Gasteiger partial charge in [-0.3, -0.25) is 0 Å². The summed E-state index contributed by atoms with van der Waals surface area (Å²) in [5.74, 6) is 1.32. The van der Waals surface area contributed by atoms with Crippen molar-refractivity contribution in [2.24, 2.45) is 0 Å². The minimum atomic E-state index is 0.410. The van der Waals surface area contributed by atoms with Crippen LogP contribution >= 0.6 is 11.6 Å². The lowest BCUT2D eigenvalue weighted by molar-refractivity contribution is 0.523. The van der Waals surface area contributed by atoms with Crippen LogP contribution in [0, 0.1) is 0 Å². The van der Waals surface area contributed by atoms with Crippen molar-refractivity contribution in [3.05, 3.63) is 82.5 Å². The van der Waals surface area contributed by atoms with Gasteiger partial charge in [-0.1, -0.05) is 24.3 Å². The Bertz CT molecular complexity index is 1010. The van der Waals surface area contributed by atoms with Crippen LogP contribution in [0.3, 0.4) is 0 Å². The van der Waals surface area contributed by atoms with Crippen LogP contribution in [0.15, 0.2) is 59.1 Å². The topological polar surface area (TPSA) is 93.6 Å². The van der Waals surface area contributed by atoms with Crippen LogP contribution in [-0.2, 0) is 12.8 Å². The number of nitrogens with zero attached hydrogens (tertiary/aromatic N) is 3. The lowest BCUT2D eigenvalue weighted by Crippen LogP contribution is -1.94. The molecule has 0 atom stereocenters. The van der Waals surface area contributed by atoms with Crippen molar-refractivity contribution in [1.29, 1.82) is 0 Å². The summed E-state index contributed by atoms with van der Waals surface area (Å²) >= 11 is 5.81. The van der Waals surface area contributed by atoms with Crippen LogP contribution in [0.25, 0.3) is 11.3 Å². The molecular weight excluding hydrogens is 350 g/mol. The standard InChI is InChI=1S/C19H16ClN5O/c20-17-7-6-15(26-17)9-12-1-3-13(4-2-12)10-16-19(24-25-23-16)14-5-8-18(21)22-11-14/h1-8,11H,9-10H2,(H2,21,22)(H,23,24,25). The minimum absolute atomic E-state index is 0.410. The van der Waals surface area contributed by atoms with Crippen LogP contribution in [-0.4, -0.2) is 20.4 Å². The monoisotopic (exact) mass is 365 g/mol. The first kappa shape index (κ1) is 16.4. The zero-order valence-corrected chi connectivity index (χ0v) is 14.6. The molecule has 0 spiro atoms. The zero-order chi connectivity index (χ0) is 17.9. The number of nitrogens with two attached hydrogens (primary N) is 1. The second-order valence-corrected chi connectivity index (χ2v) is 6.34. The Morgan fingerprint density at radius 1 is 0.923 bits per heavy atom. The summed E-state index contributed by atoms with van der Waals surface area (Å²) in [5.41, 5.74) is 10.5. The van der Waals surface area contributed by atoms with E-state index in [2.05, 4.69) is 44.7 Å². The maximum atomic E-state index is 5.81. The van der Waals surface area contributed by atoms with Crippen LogP contribution in [0.5, 0.6) is 0 Å². The van der Waals surface area contributed by atoms with E-state index < -0.39 is 0 Å². The molecule has 0 amide bonds. The lowest BCUT2D eigenvalue weighted by Gasteiger charge is -2.04. The molecule has 0 aliphatic carbocycles. The van der Waals surface area contributed by atoms with Gasteiger partial charge < -0.3 is 10.2 Å². The van der Waals surface area contributed by atoms with Crippen LogP contribution in [0.1, 0.15) is 22.6 Å². The van der Waals surface area contributed by atoms with Gasteiger partial charge in [-0.25, -0.2) is 4.98 Å². The quantitative estimate of drug-likeness (QED) is 0.559. The van der Waals surface area contributed by atoms with Crippen molar-refractivity contribution in [3.63, 3.8) is 0 Å². The Kier molecular flexibility index (Phi) is 4.41. The smallest absolute Gasteiger partial charge is 0.193 e. The Balaban J connectivity index is 1.50. The first-order chi connectivity index (χ1) is 12.7. The van der Waals surface area contributed by atoms with E-state index in [0.29, 0.717) is 23.9 Å². The van der Waals surface area contributed by atoms with E-state index in [1.54, 1.807) is 18.3 Å². The molecule has 4 rings (SSSR count). The van der Waals surface area contributed by atoms with E-state index in [0.717, 1.165) is 33.8 Å². The number of H-pyrrole nitrogens is 1. The predicted octanol–water partition coefficient (Wildman–Crippen LogP) is 3.88. The highest BCUT2D eigenvalue weighted by atomic mass is 35.5. The number of aromatic amines is 1. The molecule has 0 unspecified atom stereocenters. The number of furan rings is 1. The second-order valence-electron chi connectivity index (χ2n) is 5.97. The molecule has 0 aliphatic rings. The maximum Gasteiger partial charge on any atom is 0.193 e. The molecule has 0 saturated heterocycles. The van der Waals surface area contributed by atoms with Crippen molar-refractivity contribution in [2.45, 2.75) is 12.8 Å². The molecule has 1 aromatic carbocycles. The van der Waals surface area contributed by atoms with E-state index in [-0.39, 0.29) is 0 Å². The number of benzene rings is 1. The molecule has 3 N–H and O–H groups in total. The van der Waals surface area contributed by atoms with Gasteiger partial charge in [0.15, 0.2) is 5.22 Å². The van der Waals surface area contributed by atoms with E-state index in [1.807, 2.05) is 12.1 Å². The van der Waals surface area contributed by atoms with Gasteiger partial charge in [-0.2, -0.15) is 15.4 Å². The molecule has 3 aromatic heterocycles. The van der Waals surface area contributed by atoms with Gasteiger partial charge in [-0.05, 0) is 47.0 Å². The Labute approximate surface area is 155 Å². The van der Waals surface area contributed by atoms with Crippen molar-refractivity contribution in [3.8, 4) is 11.3 Å². The van der Waals surface area contributed by atoms with Crippen molar-refractivity contribution >= 4 is 17.4 Å². The summed E-state index contributed by atoms with van der Waals surface area (Å²) in [7, 11) is 0. The molecular formula is C19H16ClN5O. The molecule has 130 valence electrons. The number of anilines is 1. The van der Waals surface area contributed by atoms with Crippen LogP contribution < -0.4 is 5.73 Å². The predicted molar refractivity (Wildman–Crippen MR) is 99.8 cm³/mol. The molecule has 7 heteroatoms. The third kappa shape index (κ3) is 3.60. The van der Waals surface area contributed by atoms with Gasteiger partial charge in [-0.15, -0.1) is 0 Å². The van der Waals surface area contributed by atoms with Gasteiger partial charge in [0.2, 0.25) is 0 Å². The highest BCUT2D eigenvalue weighted by Gasteiger charge is 2.11. The first-order valence-electron chi connectivity index (χ1n) is 8.11. The summed E-state index contributed by atoms with van der Waals surface area (Å²) in [4.78, 5) is 4.11. The van der Waals surface area contributed by atoms with Crippen molar-refractivity contribution in [1.82, 2.24) is 20.4 Å². The Morgan fingerprint density at radius 3 is 2.35 bits per heavy atom. The largest absolute Gasteiger partial charge is 0.449 e. The molecule has 6 nitrogen and oxygen atoms in total. The molecule has 0 fully saturated rings. The summed E-state index contributed by atoms with van der Waals surface area (Å²) in [6.07, 6.45) is 3.08. The third-order valence-electron chi connectivity index (χ3n) is 4.08. The summed E-state index contributed by atoms with van der Waals surface area (Å²) < 4.78 is 5.40. The molecule has 0 radical (unpaired) electrons. The van der Waals surface area contributed by atoms with E-state index in [9.17, 15) is 0 Å². The highest BCUT2D eigenvalue weighted by molar-refractivity contribution is 6.28. The lowest BCUT2D eigenvalue weighted by atomic mass is 10.0. The van der Waals surface area contributed by atoms with Crippen molar-refractivity contribution in [2.75, 3.05) is 5.73 Å². The SMILES string of the molecule is Nc1ccc(-c2n[nH]nc2Cc2ccc(Cc3ccc(Cl)o3)cc2)cn1. The number of nitrogens with one attached hydrogen (secondary N) is 1. The van der Waals surface area contributed by atoms with E-state index >= 15 is 0 Å². The van der Waals surface area contributed by atoms with E-state index in [4.69, 9.17) is 21.8 Å². The molecule has 0 aliphatic heterocycles. The molecule has 3 heterocycles. The fourth-order valence-electron chi connectivity index (χ4n) is 2.77. The third-order valence-corrected chi connectivity index (χ3v) is 4.28. The summed E-state index contributed by atoms with van der Waals surface area (Å²) in [6, 6.07) is 15.6. The zero-order valence-electron chi connectivity index (χ0n) is 13.8. The van der Waals surface area contributed by atoms with Gasteiger partial charge in [0.05, 0.1) is 5.69 Å². The number of hydrogen-bond acceptors (Lipinski definition) is 5. The Morgan fingerprint density at radius 2 is 1.69 bits per heavy atom. The number of halogens is 1. The highest BCUT2D eigenvalue weighted by Crippen LogP contribution is 2.22. The van der Waals surface area contributed by atoms with Gasteiger partial charge in [0.25, 0.3) is 0 Å². The fraction of sp³-hybridized carbons (Fsp3) is 0.105. The second kappa shape index (κ2) is 7.01. The normalized spacial score (nSPS) is 11.0. The Hall–Kier alpha value is -3.12. The van der Waals surface area contributed by atoms with Gasteiger partial charge in [0, 0.05) is 24.6 Å². The summed E-state index contributed by atoms with van der Waals surface area (Å²) in [5, 5.41) is 11.6.